The molecule has 0 saturated carbocycles. The molecule has 134 valence electrons. The molecular weight excluding hydrogens is 348 g/mol. The summed E-state index contributed by atoms with van der Waals surface area (Å²) in [5, 5.41) is 4.51. The van der Waals surface area contributed by atoms with Crippen molar-refractivity contribution in [3.8, 4) is 0 Å². The molecule has 26 heavy (non-hydrogen) atoms. The number of furan rings is 1. The van der Waals surface area contributed by atoms with Gasteiger partial charge in [-0.3, -0.25) is 9.69 Å². The third kappa shape index (κ3) is 3.62. The third-order valence-corrected chi connectivity index (χ3v) is 5.16. The summed E-state index contributed by atoms with van der Waals surface area (Å²) in [6, 6.07) is 17.6. The number of nitrogens with zero attached hydrogens (tertiary/aromatic N) is 1. The van der Waals surface area contributed by atoms with Gasteiger partial charge in [-0.2, -0.15) is 0 Å². The normalized spacial score (nSPS) is 16.0. The zero-order valence-electron chi connectivity index (χ0n) is 14.5. The van der Waals surface area contributed by atoms with Crippen LogP contribution >= 0.6 is 11.6 Å². The van der Waals surface area contributed by atoms with Gasteiger partial charge in [0.05, 0.1) is 6.04 Å². The van der Waals surface area contributed by atoms with Gasteiger partial charge >= 0.3 is 0 Å². The van der Waals surface area contributed by atoms with Crippen LogP contribution in [-0.2, 0) is 0 Å². The van der Waals surface area contributed by atoms with E-state index in [2.05, 4.69) is 22.3 Å². The minimum atomic E-state index is -0.197. The Bertz CT molecular complexity index is 901. The molecule has 0 radical (unpaired) electrons. The molecule has 1 N–H and O–H groups in total. The molecule has 0 spiro atoms. The van der Waals surface area contributed by atoms with Gasteiger partial charge in [0, 0.05) is 17.0 Å². The Kier molecular flexibility index (Phi) is 4.96. The molecule has 2 heterocycles. The lowest BCUT2D eigenvalue weighted by atomic mass is 10.1. The summed E-state index contributed by atoms with van der Waals surface area (Å²) in [6.45, 7) is 2.69. The summed E-state index contributed by atoms with van der Waals surface area (Å²) in [5.41, 5.74) is 1.89. The first kappa shape index (κ1) is 17.1. The molecule has 1 unspecified atom stereocenters. The van der Waals surface area contributed by atoms with Gasteiger partial charge in [-0.1, -0.05) is 41.9 Å². The van der Waals surface area contributed by atoms with Crippen molar-refractivity contribution >= 4 is 28.5 Å². The molecule has 1 saturated heterocycles. The predicted octanol–water partition coefficient (Wildman–Crippen LogP) is 4.65. The average Bonchev–Trinajstić information content (AvgIpc) is 3.32. The molecule has 1 aromatic heterocycles. The SMILES string of the molecule is O=C(NCC(c1ccccc1)N1CCCC1)c1cc2cc(Cl)ccc2o1. The summed E-state index contributed by atoms with van der Waals surface area (Å²) in [6.07, 6.45) is 2.42. The van der Waals surface area contributed by atoms with Gasteiger partial charge in [0.2, 0.25) is 0 Å². The van der Waals surface area contributed by atoms with E-state index < -0.39 is 0 Å². The molecule has 3 aromatic rings. The van der Waals surface area contributed by atoms with E-state index in [1.807, 2.05) is 18.2 Å². The number of carbonyl (C=O) groups is 1. The third-order valence-electron chi connectivity index (χ3n) is 4.92. The topological polar surface area (TPSA) is 45.5 Å². The highest BCUT2D eigenvalue weighted by atomic mass is 35.5. The lowest BCUT2D eigenvalue weighted by Gasteiger charge is -2.28. The molecule has 1 fully saturated rings. The molecule has 1 aliphatic heterocycles. The van der Waals surface area contributed by atoms with E-state index in [0.717, 1.165) is 18.5 Å². The minimum absolute atomic E-state index is 0.182. The van der Waals surface area contributed by atoms with Gasteiger partial charge in [0.25, 0.3) is 5.91 Å². The number of nitrogens with one attached hydrogen (secondary N) is 1. The first-order valence-electron chi connectivity index (χ1n) is 8.97. The highest BCUT2D eigenvalue weighted by Gasteiger charge is 2.24. The first-order valence-corrected chi connectivity index (χ1v) is 9.35. The van der Waals surface area contributed by atoms with E-state index in [4.69, 9.17) is 16.0 Å². The fraction of sp³-hybridized carbons (Fsp3) is 0.286. The number of amides is 1. The Morgan fingerprint density at radius 3 is 2.65 bits per heavy atom. The predicted molar refractivity (Wildman–Crippen MR) is 104 cm³/mol. The van der Waals surface area contributed by atoms with Crippen molar-refractivity contribution in [1.82, 2.24) is 10.2 Å². The Morgan fingerprint density at radius 2 is 1.88 bits per heavy atom. The monoisotopic (exact) mass is 368 g/mol. The molecule has 2 aromatic carbocycles. The van der Waals surface area contributed by atoms with Gasteiger partial charge in [0.15, 0.2) is 5.76 Å². The number of likely N-dealkylation sites (tertiary alicyclic amines) is 1. The van der Waals surface area contributed by atoms with Gasteiger partial charge in [-0.25, -0.2) is 0 Å². The molecule has 1 amide bonds. The Balaban J connectivity index is 1.50. The van der Waals surface area contributed by atoms with Crippen LogP contribution in [0.15, 0.2) is 59.0 Å². The standard InChI is InChI=1S/C21H21ClN2O2/c22-17-8-9-19-16(12-17)13-20(26-19)21(25)23-14-18(24-10-4-5-11-24)15-6-2-1-3-7-15/h1-3,6-9,12-13,18H,4-5,10-11,14H2,(H,23,25). The van der Waals surface area contributed by atoms with Gasteiger partial charge in [-0.15, -0.1) is 0 Å². The second-order valence-electron chi connectivity index (χ2n) is 6.67. The van der Waals surface area contributed by atoms with Crippen LogP contribution in [0.25, 0.3) is 11.0 Å². The molecule has 5 heteroatoms. The second-order valence-corrected chi connectivity index (χ2v) is 7.11. The minimum Gasteiger partial charge on any atom is -0.451 e. The number of fused-ring (bicyclic) bond motifs is 1. The van der Waals surface area contributed by atoms with Crippen LogP contribution in [0, 0.1) is 0 Å². The van der Waals surface area contributed by atoms with Crippen molar-refractivity contribution in [3.63, 3.8) is 0 Å². The van der Waals surface area contributed by atoms with Crippen LogP contribution in [-0.4, -0.2) is 30.4 Å². The fourth-order valence-electron chi connectivity index (χ4n) is 3.59. The lowest BCUT2D eigenvalue weighted by molar-refractivity contribution is 0.0912. The largest absolute Gasteiger partial charge is 0.451 e. The van der Waals surface area contributed by atoms with Crippen molar-refractivity contribution in [1.29, 1.82) is 0 Å². The lowest BCUT2D eigenvalue weighted by Crippen LogP contribution is -2.36. The second kappa shape index (κ2) is 7.52. The van der Waals surface area contributed by atoms with Crippen molar-refractivity contribution in [3.05, 3.63) is 70.9 Å². The van der Waals surface area contributed by atoms with Crippen LogP contribution in [0.1, 0.15) is 35.0 Å². The number of rotatable bonds is 5. The molecule has 4 nitrogen and oxygen atoms in total. The van der Waals surface area contributed by atoms with E-state index >= 15 is 0 Å². The number of hydrogen-bond acceptors (Lipinski definition) is 3. The Labute approximate surface area is 157 Å². The molecule has 4 rings (SSSR count). The maximum Gasteiger partial charge on any atom is 0.287 e. The summed E-state index contributed by atoms with van der Waals surface area (Å²) < 4.78 is 5.66. The quantitative estimate of drug-likeness (QED) is 0.712. The van der Waals surface area contributed by atoms with E-state index in [1.165, 1.54) is 18.4 Å². The highest BCUT2D eigenvalue weighted by molar-refractivity contribution is 6.31. The number of benzene rings is 2. The van der Waals surface area contributed by atoms with Gasteiger partial charge in [0.1, 0.15) is 5.58 Å². The number of hydrogen-bond donors (Lipinski definition) is 1. The molecule has 0 aliphatic carbocycles. The summed E-state index contributed by atoms with van der Waals surface area (Å²) >= 11 is 6.00. The number of halogens is 1. The maximum atomic E-state index is 12.6. The van der Waals surface area contributed by atoms with Crippen LogP contribution < -0.4 is 5.32 Å². The van der Waals surface area contributed by atoms with Gasteiger partial charge < -0.3 is 9.73 Å². The van der Waals surface area contributed by atoms with Crippen LogP contribution in [0.3, 0.4) is 0 Å². The van der Waals surface area contributed by atoms with Gasteiger partial charge in [-0.05, 0) is 55.8 Å². The van der Waals surface area contributed by atoms with E-state index in [-0.39, 0.29) is 11.9 Å². The zero-order chi connectivity index (χ0) is 17.9. The summed E-state index contributed by atoms with van der Waals surface area (Å²) in [5.74, 6) is 0.118. The molecular formula is C21H21ClN2O2. The Hall–Kier alpha value is -2.30. The maximum absolute atomic E-state index is 12.6. The molecule has 1 atom stereocenters. The van der Waals surface area contributed by atoms with E-state index in [0.29, 0.717) is 22.9 Å². The highest BCUT2D eigenvalue weighted by Crippen LogP contribution is 2.25. The zero-order valence-corrected chi connectivity index (χ0v) is 15.2. The fourth-order valence-corrected chi connectivity index (χ4v) is 3.77. The van der Waals surface area contributed by atoms with E-state index in [1.54, 1.807) is 24.3 Å². The van der Waals surface area contributed by atoms with Crippen molar-refractivity contribution in [2.75, 3.05) is 19.6 Å². The number of carbonyl (C=O) groups excluding carboxylic acids is 1. The van der Waals surface area contributed by atoms with Crippen molar-refractivity contribution in [2.24, 2.45) is 0 Å². The van der Waals surface area contributed by atoms with Crippen LogP contribution in [0.5, 0.6) is 0 Å². The smallest absolute Gasteiger partial charge is 0.287 e. The van der Waals surface area contributed by atoms with Crippen LogP contribution in [0.2, 0.25) is 5.02 Å². The van der Waals surface area contributed by atoms with Crippen LogP contribution in [0.4, 0.5) is 0 Å². The first-order chi connectivity index (χ1) is 12.7. The average molecular weight is 369 g/mol. The Morgan fingerprint density at radius 1 is 1.12 bits per heavy atom. The van der Waals surface area contributed by atoms with Crippen molar-refractivity contribution in [2.45, 2.75) is 18.9 Å². The molecule has 1 aliphatic rings. The van der Waals surface area contributed by atoms with E-state index in [9.17, 15) is 4.79 Å². The summed E-state index contributed by atoms with van der Waals surface area (Å²) in [7, 11) is 0. The summed E-state index contributed by atoms with van der Waals surface area (Å²) in [4.78, 5) is 15.0. The van der Waals surface area contributed by atoms with Crippen molar-refractivity contribution < 1.29 is 9.21 Å². The molecule has 0 bridgehead atoms.